The van der Waals surface area contributed by atoms with Gasteiger partial charge in [-0.05, 0) is 18.4 Å². The van der Waals surface area contributed by atoms with Gasteiger partial charge >= 0.3 is 12.1 Å². The maximum absolute atomic E-state index is 12.6. The lowest BCUT2D eigenvalue weighted by atomic mass is 10.0. The first-order valence-corrected chi connectivity index (χ1v) is 10.7. The molecule has 0 fully saturated rings. The van der Waals surface area contributed by atoms with Crippen LogP contribution in [0.25, 0.3) is 0 Å². The van der Waals surface area contributed by atoms with Crippen molar-refractivity contribution in [3.63, 3.8) is 0 Å². The van der Waals surface area contributed by atoms with Crippen molar-refractivity contribution in [2.24, 2.45) is 10.1 Å². The van der Waals surface area contributed by atoms with Crippen molar-refractivity contribution in [3.05, 3.63) is 35.9 Å². The topological polar surface area (TPSA) is 163 Å². The monoisotopic (exact) mass is 460 g/mol. The van der Waals surface area contributed by atoms with E-state index in [1.165, 1.54) is 6.21 Å². The SMILES string of the molecule is O=C(NC(CCCCNC1=NCCN1)(NC(=O)C1CC=NO1)C(=O)O)OCc1ccccc1. The average molecular weight is 460 g/mol. The summed E-state index contributed by atoms with van der Waals surface area (Å²) in [5.74, 6) is -1.41. The second-order valence-corrected chi connectivity index (χ2v) is 7.55. The van der Waals surface area contributed by atoms with E-state index in [2.05, 4.69) is 31.4 Å². The van der Waals surface area contributed by atoms with Gasteiger partial charge in [-0.25, -0.2) is 9.59 Å². The van der Waals surface area contributed by atoms with Crippen LogP contribution in [0.2, 0.25) is 0 Å². The Bertz CT molecular complexity index is 884. The van der Waals surface area contributed by atoms with Gasteiger partial charge < -0.3 is 30.6 Å². The molecule has 0 radical (unpaired) electrons. The summed E-state index contributed by atoms with van der Waals surface area (Å²) in [4.78, 5) is 46.5. The molecule has 5 N–H and O–H groups in total. The fourth-order valence-corrected chi connectivity index (χ4v) is 3.29. The molecule has 0 saturated heterocycles. The summed E-state index contributed by atoms with van der Waals surface area (Å²) in [5, 5.41) is 24.5. The highest BCUT2D eigenvalue weighted by atomic mass is 16.6. The Morgan fingerprint density at radius 1 is 1.21 bits per heavy atom. The number of carbonyl (C=O) groups excluding carboxylic acids is 2. The Kier molecular flexibility index (Phi) is 8.44. The summed E-state index contributed by atoms with van der Waals surface area (Å²) in [5.41, 5.74) is -1.33. The lowest BCUT2D eigenvalue weighted by molar-refractivity contribution is -0.151. The van der Waals surface area contributed by atoms with Crippen molar-refractivity contribution in [2.75, 3.05) is 19.6 Å². The summed E-state index contributed by atoms with van der Waals surface area (Å²) in [6, 6.07) is 8.96. The van der Waals surface area contributed by atoms with Crippen LogP contribution in [0.3, 0.4) is 0 Å². The number of guanidine groups is 1. The molecule has 0 bridgehead atoms. The van der Waals surface area contributed by atoms with E-state index in [0.717, 1.165) is 12.1 Å². The molecule has 12 nitrogen and oxygen atoms in total. The first-order valence-electron chi connectivity index (χ1n) is 10.7. The molecule has 0 spiro atoms. The van der Waals surface area contributed by atoms with Gasteiger partial charge in [0.25, 0.3) is 5.91 Å². The number of carboxylic acid groups (broad SMARTS) is 1. The summed E-state index contributed by atoms with van der Waals surface area (Å²) >= 11 is 0. The van der Waals surface area contributed by atoms with Crippen LogP contribution in [-0.4, -0.2) is 66.7 Å². The van der Waals surface area contributed by atoms with Gasteiger partial charge in [0.1, 0.15) is 6.61 Å². The Morgan fingerprint density at radius 3 is 2.70 bits per heavy atom. The highest BCUT2D eigenvalue weighted by Crippen LogP contribution is 2.16. The zero-order chi connectivity index (χ0) is 23.5. The Morgan fingerprint density at radius 2 is 2.03 bits per heavy atom. The van der Waals surface area contributed by atoms with E-state index < -0.39 is 29.7 Å². The minimum absolute atomic E-state index is 0.0467. The van der Waals surface area contributed by atoms with Crippen LogP contribution in [-0.2, 0) is 25.8 Å². The molecule has 0 aromatic heterocycles. The number of ether oxygens (including phenoxy) is 1. The summed E-state index contributed by atoms with van der Waals surface area (Å²) < 4.78 is 5.18. The number of aliphatic imine (C=N–C) groups is 1. The highest BCUT2D eigenvalue weighted by molar-refractivity contribution is 5.92. The molecule has 1 aromatic rings. The molecule has 2 amide bonds. The van der Waals surface area contributed by atoms with E-state index in [4.69, 9.17) is 9.57 Å². The molecule has 33 heavy (non-hydrogen) atoms. The van der Waals surface area contributed by atoms with Gasteiger partial charge in [-0.3, -0.25) is 15.1 Å². The molecule has 0 saturated carbocycles. The summed E-state index contributed by atoms with van der Waals surface area (Å²) in [6.07, 6.45) is 0.595. The zero-order valence-electron chi connectivity index (χ0n) is 18.1. The molecular formula is C21H28N6O6. The number of carbonyl (C=O) groups is 3. The van der Waals surface area contributed by atoms with E-state index in [1.807, 2.05) is 6.07 Å². The van der Waals surface area contributed by atoms with Crippen LogP contribution < -0.4 is 21.3 Å². The molecule has 0 aliphatic carbocycles. The molecule has 178 valence electrons. The lowest BCUT2D eigenvalue weighted by Gasteiger charge is -2.31. The highest BCUT2D eigenvalue weighted by Gasteiger charge is 2.43. The molecule has 1 aromatic carbocycles. The average Bonchev–Trinajstić information content (AvgIpc) is 3.52. The van der Waals surface area contributed by atoms with E-state index in [9.17, 15) is 19.5 Å². The molecule has 12 heteroatoms. The number of nitrogens with one attached hydrogen (secondary N) is 4. The van der Waals surface area contributed by atoms with Gasteiger partial charge in [-0.2, -0.15) is 0 Å². The standard InChI is InChI=1S/C21H28N6O6/c28-17(16-8-11-25-33-16)26-21(18(29)30,9-4-5-10-22-19-23-12-13-24-19)27-20(31)32-14-15-6-2-1-3-7-15/h1-3,6-7,11,16H,4-5,8-10,12-14H2,(H,26,28)(H,27,31)(H,29,30)(H2,22,23,24). The number of amides is 2. The van der Waals surface area contributed by atoms with Gasteiger partial charge in [-0.15, -0.1) is 0 Å². The first kappa shape index (κ1) is 23.8. The third kappa shape index (κ3) is 7.09. The van der Waals surface area contributed by atoms with Gasteiger partial charge in [-0.1, -0.05) is 35.5 Å². The largest absolute Gasteiger partial charge is 0.478 e. The van der Waals surface area contributed by atoms with E-state index in [0.29, 0.717) is 31.9 Å². The van der Waals surface area contributed by atoms with Gasteiger partial charge in [0.2, 0.25) is 11.8 Å². The van der Waals surface area contributed by atoms with Gasteiger partial charge in [0.05, 0.1) is 6.54 Å². The fourth-order valence-electron chi connectivity index (χ4n) is 3.29. The maximum atomic E-state index is 12.6. The van der Waals surface area contributed by atoms with Crippen LogP contribution in [0, 0.1) is 0 Å². The number of benzene rings is 1. The number of hydrogen-bond acceptors (Lipinski definition) is 9. The zero-order valence-corrected chi connectivity index (χ0v) is 18.1. The van der Waals surface area contributed by atoms with E-state index in [-0.39, 0.29) is 19.4 Å². The van der Waals surface area contributed by atoms with Crippen molar-refractivity contribution in [1.82, 2.24) is 21.3 Å². The van der Waals surface area contributed by atoms with Gasteiger partial charge in [0.15, 0.2) is 5.96 Å². The minimum atomic E-state index is -2.07. The number of hydrogen-bond donors (Lipinski definition) is 5. The summed E-state index contributed by atoms with van der Waals surface area (Å²) in [6.45, 7) is 1.99. The first-order chi connectivity index (χ1) is 16.0. The number of rotatable bonds is 11. The van der Waals surface area contributed by atoms with E-state index >= 15 is 0 Å². The second-order valence-electron chi connectivity index (χ2n) is 7.55. The van der Waals surface area contributed by atoms with Crippen LogP contribution in [0.15, 0.2) is 40.5 Å². The lowest BCUT2D eigenvalue weighted by Crippen LogP contribution is -2.66. The third-order valence-corrected chi connectivity index (χ3v) is 5.05. The molecule has 2 heterocycles. The predicted octanol–water partition coefficient (Wildman–Crippen LogP) is 0.304. The van der Waals surface area contributed by atoms with Crippen molar-refractivity contribution in [3.8, 4) is 0 Å². The maximum Gasteiger partial charge on any atom is 0.409 e. The Balaban J connectivity index is 1.60. The predicted molar refractivity (Wildman–Crippen MR) is 118 cm³/mol. The normalized spacial score (nSPS) is 18.3. The van der Waals surface area contributed by atoms with E-state index in [1.54, 1.807) is 24.3 Å². The number of alkyl carbamates (subject to hydrolysis) is 1. The Hall–Kier alpha value is -3.83. The van der Waals surface area contributed by atoms with Crippen LogP contribution in [0.1, 0.15) is 31.2 Å². The molecular weight excluding hydrogens is 432 g/mol. The Labute approximate surface area is 190 Å². The molecule has 2 atom stereocenters. The summed E-state index contributed by atoms with van der Waals surface area (Å²) in [7, 11) is 0. The van der Waals surface area contributed by atoms with Crippen molar-refractivity contribution < 1.29 is 29.1 Å². The van der Waals surface area contributed by atoms with Crippen molar-refractivity contribution in [1.29, 1.82) is 0 Å². The second kappa shape index (κ2) is 11.7. The van der Waals surface area contributed by atoms with Crippen LogP contribution in [0.4, 0.5) is 4.79 Å². The smallest absolute Gasteiger partial charge is 0.409 e. The van der Waals surface area contributed by atoms with Crippen molar-refractivity contribution in [2.45, 2.75) is 44.1 Å². The molecule has 2 aliphatic rings. The molecule has 2 aliphatic heterocycles. The third-order valence-electron chi connectivity index (χ3n) is 5.05. The fraction of sp³-hybridized carbons (Fsp3) is 0.476. The molecule has 3 rings (SSSR count). The minimum Gasteiger partial charge on any atom is -0.478 e. The van der Waals surface area contributed by atoms with Crippen LogP contribution >= 0.6 is 0 Å². The number of nitrogens with zero attached hydrogens (tertiary/aromatic N) is 2. The number of oxime groups is 1. The quantitative estimate of drug-likeness (QED) is 0.233. The number of unbranched alkanes of at least 4 members (excludes halogenated alkanes) is 1. The van der Waals surface area contributed by atoms with Gasteiger partial charge in [0, 0.05) is 32.1 Å². The van der Waals surface area contributed by atoms with Crippen LogP contribution in [0.5, 0.6) is 0 Å². The number of carboxylic acids is 1. The molecule has 2 unspecified atom stereocenters. The number of aliphatic carboxylic acids is 1. The van der Waals surface area contributed by atoms with Crippen molar-refractivity contribution >= 4 is 30.1 Å².